The quantitative estimate of drug-likeness (QED) is 0.821. The molecule has 92 valence electrons. The summed E-state index contributed by atoms with van der Waals surface area (Å²) in [7, 11) is 1.78. The van der Waals surface area contributed by atoms with Crippen LogP contribution in [-0.2, 0) is 4.74 Å². The Bertz CT molecular complexity index is 389. The van der Waals surface area contributed by atoms with Crippen LogP contribution in [0.5, 0.6) is 0 Å². The highest BCUT2D eigenvalue weighted by atomic mass is 16.5. The third-order valence-electron chi connectivity index (χ3n) is 2.73. The molecule has 5 nitrogen and oxygen atoms in total. The van der Waals surface area contributed by atoms with E-state index in [0.29, 0.717) is 18.1 Å². The second kappa shape index (κ2) is 5.63. The average Bonchev–Trinajstić information content (AvgIpc) is 2.40. The van der Waals surface area contributed by atoms with Crippen LogP contribution in [0.25, 0.3) is 0 Å². The van der Waals surface area contributed by atoms with Crippen molar-refractivity contribution < 1.29 is 9.53 Å². The maximum Gasteiger partial charge on any atom is 0.270 e. The number of hydrogen-bond acceptors (Lipinski definition) is 4. The van der Waals surface area contributed by atoms with Gasteiger partial charge in [-0.25, -0.2) is 4.98 Å². The molecule has 1 saturated heterocycles. The number of carbonyl (C=O) groups excluding carboxylic acids is 1. The van der Waals surface area contributed by atoms with Gasteiger partial charge in [0.25, 0.3) is 5.91 Å². The molecule has 2 rings (SSSR count). The van der Waals surface area contributed by atoms with E-state index in [4.69, 9.17) is 4.74 Å². The first kappa shape index (κ1) is 11.9. The zero-order valence-electron chi connectivity index (χ0n) is 9.90. The van der Waals surface area contributed by atoms with Gasteiger partial charge in [-0.3, -0.25) is 4.79 Å². The maximum atomic E-state index is 11.9. The van der Waals surface area contributed by atoms with Crippen molar-refractivity contribution in [2.45, 2.75) is 18.9 Å². The molecule has 0 aliphatic carbocycles. The highest BCUT2D eigenvalue weighted by Crippen LogP contribution is 2.08. The molecule has 2 N–H and O–H groups in total. The summed E-state index contributed by atoms with van der Waals surface area (Å²) >= 11 is 0. The van der Waals surface area contributed by atoms with Crippen LogP contribution in [0.1, 0.15) is 23.3 Å². The van der Waals surface area contributed by atoms with Crippen LogP contribution in [-0.4, -0.2) is 37.2 Å². The Hall–Kier alpha value is -1.62. The van der Waals surface area contributed by atoms with Crippen LogP contribution in [0.2, 0.25) is 0 Å². The van der Waals surface area contributed by atoms with Crippen molar-refractivity contribution in [1.82, 2.24) is 10.3 Å². The summed E-state index contributed by atoms with van der Waals surface area (Å²) in [6, 6.07) is 5.45. The van der Waals surface area contributed by atoms with Crippen LogP contribution in [0, 0.1) is 0 Å². The van der Waals surface area contributed by atoms with Gasteiger partial charge >= 0.3 is 0 Å². The Balaban J connectivity index is 1.98. The fourth-order valence-corrected chi connectivity index (χ4v) is 1.81. The highest BCUT2D eigenvalue weighted by molar-refractivity contribution is 5.92. The molecule has 0 spiro atoms. The van der Waals surface area contributed by atoms with Crippen molar-refractivity contribution >= 4 is 11.7 Å². The Morgan fingerprint density at radius 1 is 1.53 bits per heavy atom. The predicted molar refractivity (Wildman–Crippen MR) is 65.1 cm³/mol. The number of amides is 1. The summed E-state index contributed by atoms with van der Waals surface area (Å²) < 4.78 is 5.32. The summed E-state index contributed by atoms with van der Waals surface area (Å²) in [5.74, 6) is 0.551. The molecule has 1 aliphatic heterocycles. The molecule has 1 unspecified atom stereocenters. The van der Waals surface area contributed by atoms with Crippen molar-refractivity contribution in [3.63, 3.8) is 0 Å². The molecule has 2 heterocycles. The van der Waals surface area contributed by atoms with Gasteiger partial charge in [-0.1, -0.05) is 6.07 Å². The van der Waals surface area contributed by atoms with Crippen LogP contribution in [0.15, 0.2) is 18.2 Å². The molecular weight excluding hydrogens is 218 g/mol. The molecular formula is C12H17N3O2. The van der Waals surface area contributed by atoms with Crippen LogP contribution in [0.4, 0.5) is 5.82 Å². The summed E-state index contributed by atoms with van der Waals surface area (Å²) in [6.07, 6.45) is 1.96. The van der Waals surface area contributed by atoms with Crippen LogP contribution < -0.4 is 10.6 Å². The van der Waals surface area contributed by atoms with E-state index in [1.807, 2.05) is 12.1 Å². The number of hydrogen-bond donors (Lipinski definition) is 2. The fraction of sp³-hybridized carbons (Fsp3) is 0.500. The predicted octanol–water partition coefficient (Wildman–Crippen LogP) is 1.03. The molecule has 0 saturated carbocycles. The van der Waals surface area contributed by atoms with Crippen LogP contribution >= 0.6 is 0 Å². The van der Waals surface area contributed by atoms with Crippen molar-refractivity contribution in [2.24, 2.45) is 0 Å². The minimum atomic E-state index is -0.141. The summed E-state index contributed by atoms with van der Waals surface area (Å²) in [5.41, 5.74) is 0.433. The molecule has 1 fully saturated rings. The molecule has 0 radical (unpaired) electrons. The Kier molecular flexibility index (Phi) is 3.93. The van der Waals surface area contributed by atoms with Gasteiger partial charge in [-0.2, -0.15) is 0 Å². The van der Waals surface area contributed by atoms with Crippen molar-refractivity contribution in [2.75, 3.05) is 25.6 Å². The molecule has 5 heteroatoms. The number of ether oxygens (including phenoxy) is 1. The molecule has 0 bridgehead atoms. The minimum absolute atomic E-state index is 0.108. The standard InChI is InChI=1S/C12H17N3O2/c1-13-11-6-2-5-10(15-11)12(16)14-9-4-3-7-17-8-9/h2,5-6,9H,3-4,7-8H2,1H3,(H,13,15)(H,14,16). The lowest BCUT2D eigenvalue weighted by Gasteiger charge is -2.22. The van der Waals surface area contributed by atoms with E-state index in [1.54, 1.807) is 13.1 Å². The third kappa shape index (κ3) is 3.17. The molecule has 17 heavy (non-hydrogen) atoms. The van der Waals surface area contributed by atoms with Gasteiger partial charge in [0.2, 0.25) is 0 Å². The number of pyridine rings is 1. The van der Waals surface area contributed by atoms with E-state index >= 15 is 0 Å². The van der Waals surface area contributed by atoms with Gasteiger partial charge in [0.1, 0.15) is 11.5 Å². The first-order chi connectivity index (χ1) is 8.29. The number of nitrogens with zero attached hydrogens (tertiary/aromatic N) is 1. The van der Waals surface area contributed by atoms with E-state index < -0.39 is 0 Å². The molecule has 0 aromatic carbocycles. The van der Waals surface area contributed by atoms with Gasteiger partial charge in [0.15, 0.2) is 0 Å². The Labute approximate surface area is 101 Å². The van der Waals surface area contributed by atoms with E-state index in [2.05, 4.69) is 15.6 Å². The smallest absolute Gasteiger partial charge is 0.270 e. The van der Waals surface area contributed by atoms with E-state index in [0.717, 1.165) is 19.4 Å². The monoisotopic (exact) mass is 235 g/mol. The Morgan fingerprint density at radius 3 is 3.12 bits per heavy atom. The lowest BCUT2D eigenvalue weighted by molar-refractivity contribution is 0.0622. The lowest BCUT2D eigenvalue weighted by Crippen LogP contribution is -2.40. The second-order valence-corrected chi connectivity index (χ2v) is 4.05. The fourth-order valence-electron chi connectivity index (χ4n) is 1.81. The van der Waals surface area contributed by atoms with Gasteiger partial charge in [0.05, 0.1) is 12.6 Å². The van der Waals surface area contributed by atoms with Crippen molar-refractivity contribution in [3.05, 3.63) is 23.9 Å². The normalized spacial score (nSPS) is 19.7. The Morgan fingerprint density at radius 2 is 2.41 bits per heavy atom. The van der Waals surface area contributed by atoms with Crippen LogP contribution in [0.3, 0.4) is 0 Å². The number of carbonyl (C=O) groups is 1. The van der Waals surface area contributed by atoms with Gasteiger partial charge in [-0.05, 0) is 25.0 Å². The highest BCUT2D eigenvalue weighted by Gasteiger charge is 2.17. The molecule has 1 atom stereocenters. The number of anilines is 1. The van der Waals surface area contributed by atoms with E-state index in [-0.39, 0.29) is 11.9 Å². The number of rotatable bonds is 3. The van der Waals surface area contributed by atoms with E-state index in [1.165, 1.54) is 0 Å². The zero-order chi connectivity index (χ0) is 12.1. The number of nitrogens with one attached hydrogen (secondary N) is 2. The zero-order valence-corrected chi connectivity index (χ0v) is 9.90. The van der Waals surface area contributed by atoms with Crippen molar-refractivity contribution in [1.29, 1.82) is 0 Å². The molecule has 1 aromatic heterocycles. The summed E-state index contributed by atoms with van der Waals surface area (Å²) in [5, 5.41) is 5.84. The lowest BCUT2D eigenvalue weighted by atomic mass is 10.1. The largest absolute Gasteiger partial charge is 0.379 e. The molecule has 1 aliphatic rings. The van der Waals surface area contributed by atoms with E-state index in [9.17, 15) is 4.79 Å². The summed E-state index contributed by atoms with van der Waals surface area (Å²) in [4.78, 5) is 16.1. The summed E-state index contributed by atoms with van der Waals surface area (Å²) in [6.45, 7) is 1.39. The number of aromatic nitrogens is 1. The topological polar surface area (TPSA) is 63.2 Å². The molecule has 1 amide bonds. The van der Waals surface area contributed by atoms with Crippen molar-refractivity contribution in [3.8, 4) is 0 Å². The maximum absolute atomic E-state index is 11.9. The van der Waals surface area contributed by atoms with Gasteiger partial charge in [0, 0.05) is 13.7 Å². The van der Waals surface area contributed by atoms with Gasteiger partial charge in [-0.15, -0.1) is 0 Å². The third-order valence-corrected chi connectivity index (χ3v) is 2.73. The average molecular weight is 235 g/mol. The SMILES string of the molecule is CNc1cccc(C(=O)NC2CCCOC2)n1. The first-order valence-electron chi connectivity index (χ1n) is 5.83. The first-order valence-corrected chi connectivity index (χ1v) is 5.83. The van der Waals surface area contributed by atoms with Gasteiger partial charge < -0.3 is 15.4 Å². The minimum Gasteiger partial charge on any atom is -0.379 e. The molecule has 1 aromatic rings. The second-order valence-electron chi connectivity index (χ2n) is 4.05.